The summed E-state index contributed by atoms with van der Waals surface area (Å²) in [7, 11) is -2.34. The zero-order valence-electron chi connectivity index (χ0n) is 11.8. The average molecular weight is 307 g/mol. The first kappa shape index (κ1) is 15.3. The van der Waals surface area contributed by atoms with Gasteiger partial charge in [-0.05, 0) is 36.2 Å². The third-order valence-corrected chi connectivity index (χ3v) is 4.28. The van der Waals surface area contributed by atoms with Crippen LogP contribution in [-0.2, 0) is 16.6 Å². The number of sulfonamides is 1. The summed E-state index contributed by atoms with van der Waals surface area (Å²) >= 11 is 0. The van der Waals surface area contributed by atoms with Crippen molar-refractivity contribution in [2.75, 3.05) is 11.8 Å². The van der Waals surface area contributed by atoms with Gasteiger partial charge in [0, 0.05) is 12.7 Å². The van der Waals surface area contributed by atoms with Crippen molar-refractivity contribution in [1.82, 2.24) is 4.98 Å². The van der Waals surface area contributed by atoms with Crippen LogP contribution >= 0.6 is 0 Å². The van der Waals surface area contributed by atoms with E-state index in [0.717, 1.165) is 11.1 Å². The first-order chi connectivity index (χ1) is 9.96. The maximum Gasteiger partial charge on any atom is 0.266 e. The van der Waals surface area contributed by atoms with Gasteiger partial charge in [-0.2, -0.15) is 0 Å². The normalized spacial score (nSPS) is 11.2. The lowest BCUT2D eigenvalue weighted by Crippen LogP contribution is -2.15. The second-order valence-corrected chi connectivity index (χ2v) is 6.17. The molecule has 0 saturated carbocycles. The van der Waals surface area contributed by atoms with Crippen LogP contribution in [0.15, 0.2) is 41.4 Å². The van der Waals surface area contributed by atoms with Gasteiger partial charge in [0.15, 0.2) is 0 Å². The molecule has 0 radical (unpaired) electrons. The lowest BCUT2D eigenvalue weighted by Gasteiger charge is -2.12. The van der Waals surface area contributed by atoms with Crippen LogP contribution in [0.25, 0.3) is 0 Å². The molecule has 112 valence electrons. The Labute approximate surface area is 124 Å². The lowest BCUT2D eigenvalue weighted by atomic mass is 10.2. The smallest absolute Gasteiger partial charge is 0.266 e. The topological polar surface area (TPSA) is 94.3 Å². The second-order valence-electron chi connectivity index (χ2n) is 4.52. The van der Waals surface area contributed by atoms with Crippen molar-refractivity contribution >= 4 is 15.8 Å². The van der Waals surface area contributed by atoms with Gasteiger partial charge in [0.25, 0.3) is 10.0 Å². The zero-order valence-corrected chi connectivity index (χ0v) is 12.6. The van der Waals surface area contributed by atoms with Crippen LogP contribution in [0.2, 0.25) is 0 Å². The van der Waals surface area contributed by atoms with Crippen molar-refractivity contribution in [2.45, 2.75) is 18.4 Å². The monoisotopic (exact) mass is 307 g/mol. The number of rotatable bonds is 5. The van der Waals surface area contributed by atoms with Gasteiger partial charge in [-0.25, -0.2) is 13.4 Å². The number of methoxy groups -OCH3 is 1. The van der Waals surface area contributed by atoms with Crippen LogP contribution in [0.3, 0.4) is 0 Å². The summed E-state index contributed by atoms with van der Waals surface area (Å²) in [5.74, 6) is 0.516. The molecule has 21 heavy (non-hydrogen) atoms. The predicted octanol–water partition coefficient (Wildman–Crippen LogP) is 1.66. The van der Waals surface area contributed by atoms with Crippen LogP contribution in [0.4, 0.5) is 5.82 Å². The summed E-state index contributed by atoms with van der Waals surface area (Å²) in [6.45, 7) is 2.17. The SMILES string of the molecule is COc1ccc(C)cc1S(=O)(=O)Nc1ccc(CN)cn1. The van der Waals surface area contributed by atoms with Gasteiger partial charge in [-0.3, -0.25) is 4.72 Å². The maximum absolute atomic E-state index is 12.4. The number of aryl methyl sites for hydroxylation is 1. The molecule has 0 unspecified atom stereocenters. The van der Waals surface area contributed by atoms with Gasteiger partial charge in [-0.15, -0.1) is 0 Å². The van der Waals surface area contributed by atoms with Crippen LogP contribution in [-0.4, -0.2) is 20.5 Å². The summed E-state index contributed by atoms with van der Waals surface area (Å²) in [4.78, 5) is 4.11. The number of nitrogens with two attached hydrogens (primary N) is 1. The molecule has 0 aliphatic carbocycles. The van der Waals surface area contributed by atoms with Gasteiger partial charge in [-0.1, -0.05) is 12.1 Å². The van der Waals surface area contributed by atoms with Crippen LogP contribution in [0.5, 0.6) is 5.75 Å². The molecule has 0 bridgehead atoms. The number of hydrogen-bond donors (Lipinski definition) is 2. The number of pyridine rings is 1. The van der Waals surface area contributed by atoms with Gasteiger partial charge in [0.05, 0.1) is 7.11 Å². The van der Waals surface area contributed by atoms with Crippen molar-refractivity contribution < 1.29 is 13.2 Å². The molecule has 2 rings (SSSR count). The summed E-state index contributed by atoms with van der Waals surface area (Å²) in [5, 5.41) is 0. The first-order valence-electron chi connectivity index (χ1n) is 6.28. The van der Waals surface area contributed by atoms with E-state index < -0.39 is 10.0 Å². The fourth-order valence-electron chi connectivity index (χ4n) is 1.79. The molecule has 0 spiro atoms. The molecule has 3 N–H and O–H groups in total. The molecule has 0 fully saturated rings. The lowest BCUT2D eigenvalue weighted by molar-refractivity contribution is 0.402. The minimum Gasteiger partial charge on any atom is -0.495 e. The molecular weight excluding hydrogens is 290 g/mol. The van der Waals surface area contributed by atoms with E-state index in [1.54, 1.807) is 30.3 Å². The highest BCUT2D eigenvalue weighted by Crippen LogP contribution is 2.26. The second kappa shape index (κ2) is 6.11. The van der Waals surface area contributed by atoms with Gasteiger partial charge < -0.3 is 10.5 Å². The van der Waals surface area contributed by atoms with Crippen LogP contribution < -0.4 is 15.2 Å². The predicted molar refractivity (Wildman–Crippen MR) is 80.7 cm³/mol. The van der Waals surface area contributed by atoms with Crippen molar-refractivity contribution in [3.63, 3.8) is 0 Å². The molecule has 1 aromatic heterocycles. The van der Waals surface area contributed by atoms with Crippen LogP contribution in [0.1, 0.15) is 11.1 Å². The minimum absolute atomic E-state index is 0.0784. The molecule has 0 saturated heterocycles. The number of anilines is 1. The Morgan fingerprint density at radius 3 is 2.62 bits per heavy atom. The Morgan fingerprint density at radius 1 is 1.29 bits per heavy atom. The molecule has 0 amide bonds. The molecular formula is C14H17N3O3S. The van der Waals surface area contributed by atoms with E-state index in [1.165, 1.54) is 13.3 Å². The van der Waals surface area contributed by atoms with E-state index in [9.17, 15) is 8.42 Å². The average Bonchev–Trinajstić information content (AvgIpc) is 2.47. The van der Waals surface area contributed by atoms with Gasteiger partial charge in [0.1, 0.15) is 16.5 Å². The third kappa shape index (κ3) is 3.50. The van der Waals surface area contributed by atoms with Crippen molar-refractivity contribution in [3.05, 3.63) is 47.7 Å². The van der Waals surface area contributed by atoms with E-state index in [-0.39, 0.29) is 16.5 Å². The number of aromatic nitrogens is 1. The highest BCUT2D eigenvalue weighted by molar-refractivity contribution is 7.92. The zero-order chi connectivity index (χ0) is 15.5. The van der Waals surface area contributed by atoms with Gasteiger partial charge in [0.2, 0.25) is 0 Å². The maximum atomic E-state index is 12.4. The van der Waals surface area contributed by atoms with Crippen molar-refractivity contribution in [3.8, 4) is 5.75 Å². The largest absolute Gasteiger partial charge is 0.495 e. The Morgan fingerprint density at radius 2 is 2.05 bits per heavy atom. The summed E-state index contributed by atoms with van der Waals surface area (Å²) in [6, 6.07) is 8.25. The Hall–Kier alpha value is -2.12. The molecule has 0 aliphatic heterocycles. The molecule has 0 aliphatic rings. The van der Waals surface area contributed by atoms with Gasteiger partial charge >= 0.3 is 0 Å². The molecule has 7 heteroatoms. The molecule has 1 aromatic carbocycles. The summed E-state index contributed by atoms with van der Waals surface area (Å²) in [5.41, 5.74) is 7.12. The number of nitrogens with zero attached hydrogens (tertiary/aromatic N) is 1. The minimum atomic E-state index is -3.77. The Bertz CT molecular complexity index is 728. The summed E-state index contributed by atoms with van der Waals surface area (Å²) < 4.78 is 32.4. The number of hydrogen-bond acceptors (Lipinski definition) is 5. The van der Waals surface area contributed by atoms with Crippen molar-refractivity contribution in [1.29, 1.82) is 0 Å². The standard InChI is InChI=1S/C14H17N3O3S/c1-10-3-5-12(20-2)13(7-10)21(18,19)17-14-6-4-11(8-15)9-16-14/h3-7,9H,8,15H2,1-2H3,(H,16,17). The Balaban J connectivity index is 2.35. The third-order valence-electron chi connectivity index (χ3n) is 2.91. The highest BCUT2D eigenvalue weighted by Gasteiger charge is 2.20. The first-order valence-corrected chi connectivity index (χ1v) is 7.77. The number of benzene rings is 1. The molecule has 6 nitrogen and oxygen atoms in total. The molecule has 2 aromatic rings. The number of ether oxygens (including phenoxy) is 1. The quantitative estimate of drug-likeness (QED) is 0.876. The fourth-order valence-corrected chi connectivity index (χ4v) is 3.06. The van der Waals surface area contributed by atoms with E-state index in [1.807, 2.05) is 6.92 Å². The molecule has 1 heterocycles. The van der Waals surface area contributed by atoms with E-state index >= 15 is 0 Å². The molecule has 0 atom stereocenters. The van der Waals surface area contributed by atoms with E-state index in [4.69, 9.17) is 10.5 Å². The summed E-state index contributed by atoms with van der Waals surface area (Å²) in [6.07, 6.45) is 1.53. The fraction of sp³-hybridized carbons (Fsp3) is 0.214. The van der Waals surface area contributed by atoms with E-state index in [0.29, 0.717) is 6.54 Å². The highest BCUT2D eigenvalue weighted by atomic mass is 32.2. The van der Waals surface area contributed by atoms with Crippen molar-refractivity contribution in [2.24, 2.45) is 5.73 Å². The Kier molecular flexibility index (Phi) is 4.44. The number of nitrogens with one attached hydrogen (secondary N) is 1. The van der Waals surface area contributed by atoms with E-state index in [2.05, 4.69) is 9.71 Å². The van der Waals surface area contributed by atoms with Crippen LogP contribution in [0, 0.1) is 6.92 Å².